The van der Waals surface area contributed by atoms with Crippen molar-refractivity contribution in [2.45, 2.75) is 32.7 Å². The summed E-state index contributed by atoms with van der Waals surface area (Å²) in [6.45, 7) is 3.29. The van der Waals surface area contributed by atoms with E-state index in [1.54, 1.807) is 0 Å². The second-order valence-electron chi connectivity index (χ2n) is 6.59. The second kappa shape index (κ2) is 8.71. The van der Waals surface area contributed by atoms with E-state index in [-0.39, 0.29) is 12.2 Å². The molecule has 0 unspecified atom stereocenters. The molecule has 3 nitrogen and oxygen atoms in total. The standard InChI is InChI=1S/C21H24F2O3/c1-3-6-14-11-25-21(26-12-14)17-8-5-4-7-16(17)15-9-19(22)18(13-24-2)20(23)10-15/h4-5,7-10,14,21H,3,6,11-13H2,1-2H3. The Bertz CT molecular complexity index is 717. The Morgan fingerprint density at radius 2 is 1.73 bits per heavy atom. The van der Waals surface area contributed by atoms with E-state index in [4.69, 9.17) is 14.2 Å². The van der Waals surface area contributed by atoms with Crippen molar-refractivity contribution in [2.24, 2.45) is 5.92 Å². The number of benzene rings is 2. The summed E-state index contributed by atoms with van der Waals surface area (Å²) in [5, 5.41) is 0. The molecule has 1 heterocycles. The molecule has 1 aliphatic rings. The Balaban J connectivity index is 1.89. The van der Waals surface area contributed by atoms with Crippen LogP contribution >= 0.6 is 0 Å². The molecule has 2 aromatic carbocycles. The first-order valence-corrected chi connectivity index (χ1v) is 8.93. The Labute approximate surface area is 152 Å². The minimum Gasteiger partial charge on any atom is -0.380 e. The maximum absolute atomic E-state index is 14.3. The molecule has 1 aliphatic heterocycles. The normalized spacial score (nSPS) is 20.3. The van der Waals surface area contributed by atoms with Crippen LogP contribution in [0.25, 0.3) is 11.1 Å². The summed E-state index contributed by atoms with van der Waals surface area (Å²) in [6, 6.07) is 10.1. The molecule has 0 atom stereocenters. The highest BCUT2D eigenvalue weighted by Gasteiger charge is 2.25. The van der Waals surface area contributed by atoms with Crippen molar-refractivity contribution in [3.8, 4) is 11.1 Å². The van der Waals surface area contributed by atoms with Crippen molar-refractivity contribution in [2.75, 3.05) is 20.3 Å². The highest BCUT2D eigenvalue weighted by molar-refractivity contribution is 5.68. The molecule has 26 heavy (non-hydrogen) atoms. The topological polar surface area (TPSA) is 27.7 Å². The van der Waals surface area contributed by atoms with Crippen LogP contribution < -0.4 is 0 Å². The Morgan fingerprint density at radius 1 is 1.08 bits per heavy atom. The molecule has 1 saturated heterocycles. The smallest absolute Gasteiger partial charge is 0.184 e. The first-order valence-electron chi connectivity index (χ1n) is 8.93. The fourth-order valence-electron chi connectivity index (χ4n) is 3.30. The molecule has 0 aromatic heterocycles. The third kappa shape index (κ3) is 4.11. The number of halogens is 2. The van der Waals surface area contributed by atoms with Crippen LogP contribution in [-0.4, -0.2) is 20.3 Å². The van der Waals surface area contributed by atoms with Gasteiger partial charge in [0.25, 0.3) is 0 Å². The quantitative estimate of drug-likeness (QED) is 0.703. The molecule has 140 valence electrons. The van der Waals surface area contributed by atoms with Gasteiger partial charge in [0, 0.05) is 24.2 Å². The van der Waals surface area contributed by atoms with Gasteiger partial charge in [-0.3, -0.25) is 0 Å². The Kier molecular flexibility index (Phi) is 6.35. The molecule has 0 N–H and O–H groups in total. The van der Waals surface area contributed by atoms with Gasteiger partial charge in [0.2, 0.25) is 0 Å². The molecular weight excluding hydrogens is 338 g/mol. The largest absolute Gasteiger partial charge is 0.380 e. The van der Waals surface area contributed by atoms with Crippen LogP contribution in [0.2, 0.25) is 0 Å². The van der Waals surface area contributed by atoms with Crippen LogP contribution in [-0.2, 0) is 20.8 Å². The zero-order valence-corrected chi connectivity index (χ0v) is 15.1. The van der Waals surface area contributed by atoms with Gasteiger partial charge in [0.1, 0.15) is 11.6 Å². The van der Waals surface area contributed by atoms with Gasteiger partial charge in [0.15, 0.2) is 6.29 Å². The molecule has 5 heteroatoms. The van der Waals surface area contributed by atoms with Gasteiger partial charge < -0.3 is 14.2 Å². The average Bonchev–Trinajstić information content (AvgIpc) is 2.65. The van der Waals surface area contributed by atoms with Crippen LogP contribution in [0, 0.1) is 17.6 Å². The molecule has 0 amide bonds. The number of methoxy groups -OCH3 is 1. The van der Waals surface area contributed by atoms with Gasteiger partial charge in [-0.05, 0) is 29.7 Å². The minimum absolute atomic E-state index is 0.0682. The molecule has 2 aromatic rings. The van der Waals surface area contributed by atoms with Crippen LogP contribution in [0.1, 0.15) is 37.2 Å². The predicted octanol–water partition coefficient (Wildman–Crippen LogP) is 5.24. The van der Waals surface area contributed by atoms with E-state index in [0.717, 1.165) is 18.4 Å². The van der Waals surface area contributed by atoms with E-state index >= 15 is 0 Å². The number of hydrogen-bond donors (Lipinski definition) is 0. The third-order valence-corrected chi connectivity index (χ3v) is 4.62. The maximum atomic E-state index is 14.3. The number of hydrogen-bond acceptors (Lipinski definition) is 3. The van der Waals surface area contributed by atoms with E-state index in [2.05, 4.69) is 6.92 Å². The minimum atomic E-state index is -0.620. The van der Waals surface area contributed by atoms with Gasteiger partial charge in [-0.1, -0.05) is 37.6 Å². The van der Waals surface area contributed by atoms with Gasteiger partial charge >= 0.3 is 0 Å². The van der Waals surface area contributed by atoms with E-state index in [1.807, 2.05) is 24.3 Å². The van der Waals surface area contributed by atoms with E-state index < -0.39 is 17.9 Å². The van der Waals surface area contributed by atoms with Gasteiger partial charge in [-0.25, -0.2) is 8.78 Å². The Morgan fingerprint density at radius 3 is 2.35 bits per heavy atom. The molecule has 3 rings (SSSR count). The average molecular weight is 362 g/mol. The number of ether oxygens (including phenoxy) is 3. The predicted molar refractivity (Wildman–Crippen MR) is 95.6 cm³/mol. The van der Waals surface area contributed by atoms with E-state index in [0.29, 0.717) is 30.3 Å². The molecular formula is C21H24F2O3. The van der Waals surface area contributed by atoms with Crippen LogP contribution in [0.5, 0.6) is 0 Å². The summed E-state index contributed by atoms with van der Waals surface area (Å²) in [6.07, 6.45) is 1.63. The van der Waals surface area contributed by atoms with Crippen LogP contribution in [0.15, 0.2) is 36.4 Å². The van der Waals surface area contributed by atoms with Crippen molar-refractivity contribution >= 4 is 0 Å². The van der Waals surface area contributed by atoms with Crippen LogP contribution in [0.3, 0.4) is 0 Å². The first-order chi connectivity index (χ1) is 12.6. The molecule has 0 bridgehead atoms. The zero-order chi connectivity index (χ0) is 18.5. The van der Waals surface area contributed by atoms with E-state index in [1.165, 1.54) is 19.2 Å². The summed E-state index contributed by atoms with van der Waals surface area (Å²) in [7, 11) is 1.41. The van der Waals surface area contributed by atoms with Crippen LogP contribution in [0.4, 0.5) is 8.78 Å². The van der Waals surface area contributed by atoms with Crippen molar-refractivity contribution in [3.05, 3.63) is 59.2 Å². The highest BCUT2D eigenvalue weighted by Crippen LogP contribution is 2.35. The molecule has 1 fully saturated rings. The first kappa shape index (κ1) is 19.0. The lowest BCUT2D eigenvalue weighted by Crippen LogP contribution is -2.27. The SMILES string of the molecule is CCCC1COC(c2ccccc2-c2cc(F)c(COC)c(F)c2)OC1. The van der Waals surface area contributed by atoms with Gasteiger partial charge in [-0.15, -0.1) is 0 Å². The number of rotatable bonds is 6. The lowest BCUT2D eigenvalue weighted by atomic mass is 9.97. The van der Waals surface area contributed by atoms with Crippen molar-refractivity contribution in [3.63, 3.8) is 0 Å². The summed E-state index contributed by atoms with van der Waals surface area (Å²) in [5.41, 5.74) is 1.87. The fraction of sp³-hybridized carbons (Fsp3) is 0.429. The molecule has 0 radical (unpaired) electrons. The lowest BCUT2D eigenvalue weighted by molar-refractivity contribution is -0.205. The molecule has 0 aliphatic carbocycles. The summed E-state index contributed by atoms with van der Waals surface area (Å²) < 4.78 is 45.3. The highest BCUT2D eigenvalue weighted by atomic mass is 19.1. The maximum Gasteiger partial charge on any atom is 0.184 e. The zero-order valence-electron chi connectivity index (χ0n) is 15.1. The second-order valence-corrected chi connectivity index (χ2v) is 6.59. The van der Waals surface area contributed by atoms with E-state index in [9.17, 15) is 8.78 Å². The van der Waals surface area contributed by atoms with Crippen molar-refractivity contribution in [1.29, 1.82) is 0 Å². The van der Waals surface area contributed by atoms with Gasteiger partial charge in [0.05, 0.1) is 19.8 Å². The van der Waals surface area contributed by atoms with Crippen molar-refractivity contribution < 1.29 is 23.0 Å². The molecule has 0 saturated carbocycles. The van der Waals surface area contributed by atoms with Crippen molar-refractivity contribution in [1.82, 2.24) is 0 Å². The summed E-state index contributed by atoms with van der Waals surface area (Å²) >= 11 is 0. The monoisotopic (exact) mass is 362 g/mol. The lowest BCUT2D eigenvalue weighted by Gasteiger charge is -2.30. The molecule has 0 spiro atoms. The van der Waals surface area contributed by atoms with Gasteiger partial charge in [-0.2, -0.15) is 0 Å². The summed E-state index contributed by atoms with van der Waals surface area (Å²) in [4.78, 5) is 0. The third-order valence-electron chi connectivity index (χ3n) is 4.62. The Hall–Kier alpha value is -1.82. The summed E-state index contributed by atoms with van der Waals surface area (Å²) in [5.74, 6) is -0.845. The fourth-order valence-corrected chi connectivity index (χ4v) is 3.30.